The van der Waals surface area contributed by atoms with E-state index in [0.717, 1.165) is 0 Å². The van der Waals surface area contributed by atoms with Crippen molar-refractivity contribution in [3.63, 3.8) is 0 Å². The normalized spacial score (nSPS) is 12.3. The van der Waals surface area contributed by atoms with Crippen molar-refractivity contribution < 1.29 is 21.4 Å². The number of hydrogen-bond donors (Lipinski definition) is 2. The number of nitrogens with zero attached hydrogens (tertiary/aromatic N) is 1. The van der Waals surface area contributed by atoms with Crippen molar-refractivity contribution in [1.82, 2.24) is 5.16 Å². The molecule has 0 saturated heterocycles. The number of hydrogen-bond acceptors (Lipinski definition) is 6. The number of nitrogens with one attached hydrogen (secondary N) is 1. The fraction of sp³-hybridized carbons (Fsp3) is 0.182. The predicted octanol–water partition coefficient (Wildman–Crippen LogP) is 0.740. The van der Waals surface area contributed by atoms with Gasteiger partial charge in [0.2, 0.25) is 10.0 Å². The highest BCUT2D eigenvalue weighted by molar-refractivity contribution is 7.93. The molecule has 0 fully saturated rings. The Kier molecular flexibility index (Phi) is 3.78. The summed E-state index contributed by atoms with van der Waals surface area (Å²) >= 11 is 0. The number of nitrogens with two attached hydrogens (primary N) is 1. The Labute approximate surface area is 122 Å². The molecule has 21 heavy (non-hydrogen) atoms. The number of anilines is 1. The molecule has 1 heterocycles. The van der Waals surface area contributed by atoms with Crippen molar-refractivity contribution in [2.45, 2.75) is 23.6 Å². The second-order valence-electron chi connectivity index (χ2n) is 4.30. The lowest BCUT2D eigenvalue weighted by molar-refractivity contribution is 0.390. The van der Waals surface area contributed by atoms with E-state index in [1.54, 1.807) is 0 Å². The summed E-state index contributed by atoms with van der Waals surface area (Å²) in [5.41, 5.74) is 0.0353. The number of benzene rings is 1. The summed E-state index contributed by atoms with van der Waals surface area (Å²) < 4.78 is 54.6. The molecular weight excluding hydrogens is 318 g/mol. The van der Waals surface area contributed by atoms with Gasteiger partial charge in [-0.05, 0) is 26.0 Å². The number of primary sulfonamides is 1. The number of aryl methyl sites for hydroxylation is 2. The van der Waals surface area contributed by atoms with E-state index in [0.29, 0.717) is 0 Å². The molecular formula is C11H13N3O5S2. The maximum absolute atomic E-state index is 12.3. The van der Waals surface area contributed by atoms with Crippen molar-refractivity contribution >= 4 is 25.7 Å². The fourth-order valence-corrected chi connectivity index (χ4v) is 4.02. The summed E-state index contributed by atoms with van der Waals surface area (Å²) in [6.45, 7) is 2.91. The molecule has 0 amide bonds. The zero-order chi connectivity index (χ0) is 15.8. The summed E-state index contributed by atoms with van der Waals surface area (Å²) in [6, 6.07) is 5.43. The molecule has 10 heteroatoms. The van der Waals surface area contributed by atoms with Crippen molar-refractivity contribution in [2.24, 2.45) is 5.14 Å². The Bertz CT molecular complexity index is 865. The van der Waals surface area contributed by atoms with Gasteiger partial charge in [-0.25, -0.2) is 22.0 Å². The van der Waals surface area contributed by atoms with Gasteiger partial charge in [-0.1, -0.05) is 17.3 Å². The number of aromatic nitrogens is 1. The molecule has 1 aromatic heterocycles. The summed E-state index contributed by atoms with van der Waals surface area (Å²) in [5.74, 6) is 0.105. The van der Waals surface area contributed by atoms with E-state index in [-0.39, 0.29) is 26.9 Å². The Morgan fingerprint density at radius 2 is 1.76 bits per heavy atom. The van der Waals surface area contributed by atoms with Crippen LogP contribution in [0.5, 0.6) is 0 Å². The molecule has 8 nitrogen and oxygen atoms in total. The molecule has 1 aromatic carbocycles. The topological polar surface area (TPSA) is 132 Å². The van der Waals surface area contributed by atoms with Crippen LogP contribution in [0, 0.1) is 13.8 Å². The second kappa shape index (κ2) is 5.13. The maximum atomic E-state index is 12.3. The molecule has 2 rings (SSSR count). The number of sulfonamides is 2. The number of rotatable bonds is 4. The average Bonchev–Trinajstić information content (AvgIpc) is 2.68. The molecule has 0 aliphatic heterocycles. The van der Waals surface area contributed by atoms with Crippen LogP contribution in [0.4, 0.5) is 5.69 Å². The van der Waals surface area contributed by atoms with E-state index >= 15 is 0 Å². The average molecular weight is 331 g/mol. The Hall–Kier alpha value is -1.91. The summed E-state index contributed by atoms with van der Waals surface area (Å²) in [4.78, 5) is -0.452. The Balaban J connectivity index is 2.53. The molecule has 0 aliphatic rings. The van der Waals surface area contributed by atoms with E-state index in [4.69, 9.17) is 9.66 Å². The largest absolute Gasteiger partial charge is 0.360 e. The van der Waals surface area contributed by atoms with Crippen molar-refractivity contribution in [3.8, 4) is 0 Å². The molecule has 0 bridgehead atoms. The first-order valence-corrected chi connectivity index (χ1v) is 8.73. The van der Waals surface area contributed by atoms with Gasteiger partial charge in [0.05, 0.1) is 5.69 Å². The molecule has 0 saturated carbocycles. The maximum Gasteiger partial charge on any atom is 0.267 e. The molecule has 3 N–H and O–H groups in total. The minimum absolute atomic E-state index is 0.105. The van der Waals surface area contributed by atoms with Gasteiger partial charge in [0.15, 0.2) is 10.7 Å². The first-order chi connectivity index (χ1) is 9.63. The minimum atomic E-state index is -4.06. The van der Waals surface area contributed by atoms with Gasteiger partial charge in [0.1, 0.15) is 10.6 Å². The molecule has 2 aromatic rings. The van der Waals surface area contributed by atoms with Crippen LogP contribution in [0.15, 0.2) is 38.6 Å². The lowest BCUT2D eigenvalue weighted by atomic mass is 10.3. The van der Waals surface area contributed by atoms with E-state index in [1.807, 2.05) is 0 Å². The van der Waals surface area contributed by atoms with E-state index < -0.39 is 20.0 Å². The first-order valence-electron chi connectivity index (χ1n) is 5.70. The highest BCUT2D eigenvalue weighted by Crippen LogP contribution is 2.25. The monoisotopic (exact) mass is 331 g/mol. The van der Waals surface area contributed by atoms with Crippen molar-refractivity contribution in [1.29, 1.82) is 0 Å². The summed E-state index contributed by atoms with van der Waals surface area (Å²) in [5, 5.41) is 8.62. The Morgan fingerprint density at radius 1 is 1.14 bits per heavy atom. The fourth-order valence-electron chi connectivity index (χ4n) is 1.85. The highest BCUT2D eigenvalue weighted by Gasteiger charge is 2.26. The molecule has 0 spiro atoms. The third kappa shape index (κ3) is 3.06. The van der Waals surface area contributed by atoms with E-state index in [9.17, 15) is 16.8 Å². The van der Waals surface area contributed by atoms with Crippen molar-refractivity contribution in [3.05, 3.63) is 35.7 Å². The van der Waals surface area contributed by atoms with Crippen LogP contribution in [-0.2, 0) is 20.0 Å². The van der Waals surface area contributed by atoms with Crippen molar-refractivity contribution in [2.75, 3.05) is 4.72 Å². The van der Waals surface area contributed by atoms with Crippen LogP contribution in [0.2, 0.25) is 0 Å². The SMILES string of the molecule is Cc1noc(C)c1S(=O)(=O)Nc1ccccc1S(N)(=O)=O. The lowest BCUT2D eigenvalue weighted by Crippen LogP contribution is -2.19. The number of para-hydroxylation sites is 1. The molecule has 0 aliphatic carbocycles. The minimum Gasteiger partial charge on any atom is -0.360 e. The van der Waals surface area contributed by atoms with Crippen LogP contribution in [0.25, 0.3) is 0 Å². The second-order valence-corrected chi connectivity index (χ2v) is 7.45. The predicted molar refractivity (Wildman–Crippen MR) is 74.6 cm³/mol. The first kappa shape index (κ1) is 15.5. The smallest absolute Gasteiger partial charge is 0.267 e. The molecule has 114 valence electrons. The zero-order valence-corrected chi connectivity index (χ0v) is 12.8. The summed E-state index contributed by atoms with van der Waals surface area (Å²) in [7, 11) is -8.10. The molecule has 0 radical (unpaired) electrons. The van der Waals surface area contributed by atoms with E-state index in [1.165, 1.54) is 38.1 Å². The van der Waals surface area contributed by atoms with Gasteiger partial charge < -0.3 is 4.52 Å². The summed E-state index contributed by atoms with van der Waals surface area (Å²) in [6.07, 6.45) is 0. The third-order valence-electron chi connectivity index (χ3n) is 2.67. The molecule has 0 unspecified atom stereocenters. The van der Waals surface area contributed by atoms with E-state index in [2.05, 4.69) is 9.88 Å². The Morgan fingerprint density at radius 3 is 2.29 bits per heavy atom. The standard InChI is InChI=1S/C11H13N3O5S2/c1-7-11(8(2)19-13-7)21(17,18)14-9-5-3-4-6-10(9)20(12,15)16/h3-6,14H,1-2H3,(H2,12,15,16). The third-order valence-corrected chi connectivity index (χ3v) is 5.25. The van der Waals surface area contributed by atoms with Gasteiger partial charge in [-0.3, -0.25) is 4.72 Å². The molecule has 0 atom stereocenters. The van der Waals surface area contributed by atoms with Crippen LogP contribution in [-0.4, -0.2) is 22.0 Å². The van der Waals surface area contributed by atoms with Crippen LogP contribution in [0.1, 0.15) is 11.5 Å². The van der Waals surface area contributed by atoms with Gasteiger partial charge in [0, 0.05) is 0 Å². The lowest BCUT2D eigenvalue weighted by Gasteiger charge is -2.10. The van der Waals surface area contributed by atoms with Gasteiger partial charge in [-0.2, -0.15) is 0 Å². The highest BCUT2D eigenvalue weighted by atomic mass is 32.2. The van der Waals surface area contributed by atoms with Gasteiger partial charge in [0.25, 0.3) is 10.0 Å². The van der Waals surface area contributed by atoms with Gasteiger partial charge >= 0.3 is 0 Å². The van der Waals surface area contributed by atoms with Crippen LogP contribution < -0.4 is 9.86 Å². The van der Waals surface area contributed by atoms with Crippen LogP contribution in [0.3, 0.4) is 0 Å². The van der Waals surface area contributed by atoms with Crippen LogP contribution >= 0.6 is 0 Å². The van der Waals surface area contributed by atoms with Gasteiger partial charge in [-0.15, -0.1) is 0 Å². The zero-order valence-electron chi connectivity index (χ0n) is 11.2. The quantitative estimate of drug-likeness (QED) is 0.849.